The molecule has 2 aromatic rings. The lowest BCUT2D eigenvalue weighted by Crippen LogP contribution is -2.35. The van der Waals surface area contributed by atoms with Crippen molar-refractivity contribution >= 4 is 34.7 Å². The molecule has 0 radical (unpaired) electrons. The third-order valence-corrected chi connectivity index (χ3v) is 5.76. The highest BCUT2D eigenvalue weighted by Crippen LogP contribution is 2.39. The summed E-state index contributed by atoms with van der Waals surface area (Å²) in [4.78, 5) is 38.9. The van der Waals surface area contributed by atoms with Gasteiger partial charge >= 0.3 is 6.09 Å². The van der Waals surface area contributed by atoms with Gasteiger partial charge in [-0.25, -0.2) is 4.79 Å². The first kappa shape index (κ1) is 25.1. The summed E-state index contributed by atoms with van der Waals surface area (Å²) in [5.74, 6) is 0.876. The number of fused-ring (bicyclic) bond motifs is 2. The van der Waals surface area contributed by atoms with Gasteiger partial charge in [0.15, 0.2) is 17.3 Å². The fourth-order valence-electron chi connectivity index (χ4n) is 3.98. The first-order chi connectivity index (χ1) is 17.0. The molecule has 2 amide bonds. The molecule has 0 aromatic heterocycles. The van der Waals surface area contributed by atoms with Crippen molar-refractivity contribution in [3.8, 4) is 11.5 Å². The van der Waals surface area contributed by atoms with E-state index in [-0.39, 0.29) is 18.5 Å². The number of nitrogens with zero attached hydrogens (tertiary/aromatic N) is 1. The van der Waals surface area contributed by atoms with E-state index < -0.39 is 11.7 Å². The summed E-state index contributed by atoms with van der Waals surface area (Å²) < 4.78 is 16.4. The predicted octanol–water partition coefficient (Wildman–Crippen LogP) is 4.28. The zero-order valence-corrected chi connectivity index (χ0v) is 21.2. The van der Waals surface area contributed by atoms with Crippen molar-refractivity contribution in [2.75, 3.05) is 32.2 Å². The molecule has 36 heavy (non-hydrogen) atoms. The molecule has 2 heterocycles. The Morgan fingerprint density at radius 1 is 1.08 bits per heavy atom. The first-order valence-electron chi connectivity index (χ1n) is 11.8. The lowest BCUT2D eigenvalue weighted by molar-refractivity contribution is -0.110. The standard InChI is InChI=1S/C27H31N3O6/c1-16(31)17-7-9-20-19(13-17)23(25(32)29-20)24(18-8-10-21-22(14-18)35-15-34-21)28-11-6-12-30(5)26(33)36-27(2,3)4/h7-10,13-14,28H,6,11-12,15H2,1-5H3,(H,29,32). The zero-order chi connectivity index (χ0) is 26.0. The van der Waals surface area contributed by atoms with Gasteiger partial charge in [0.1, 0.15) is 5.60 Å². The number of carbonyl (C=O) groups is 3. The summed E-state index contributed by atoms with van der Waals surface area (Å²) in [5.41, 5.74) is 3.03. The van der Waals surface area contributed by atoms with Crippen LogP contribution < -0.4 is 20.1 Å². The van der Waals surface area contributed by atoms with Crippen LogP contribution in [0, 0.1) is 0 Å². The first-order valence-corrected chi connectivity index (χ1v) is 11.8. The third-order valence-electron chi connectivity index (χ3n) is 5.76. The van der Waals surface area contributed by atoms with Crippen LogP contribution in [0.25, 0.3) is 11.3 Å². The number of nitrogens with one attached hydrogen (secondary N) is 2. The van der Waals surface area contributed by atoms with Crippen LogP contribution in [0.2, 0.25) is 0 Å². The third kappa shape index (κ3) is 5.45. The number of carbonyl (C=O) groups excluding carboxylic acids is 3. The van der Waals surface area contributed by atoms with Gasteiger partial charge in [-0.15, -0.1) is 0 Å². The van der Waals surface area contributed by atoms with Gasteiger partial charge < -0.3 is 29.7 Å². The van der Waals surface area contributed by atoms with E-state index in [4.69, 9.17) is 14.2 Å². The second kappa shape index (κ2) is 9.93. The number of benzene rings is 2. The minimum atomic E-state index is -0.567. The maximum Gasteiger partial charge on any atom is 0.410 e. The Morgan fingerprint density at radius 2 is 1.81 bits per heavy atom. The van der Waals surface area contributed by atoms with Crippen LogP contribution >= 0.6 is 0 Å². The van der Waals surface area contributed by atoms with Crippen molar-refractivity contribution in [2.45, 2.75) is 39.7 Å². The number of anilines is 1. The average molecular weight is 494 g/mol. The molecule has 0 saturated carbocycles. The van der Waals surface area contributed by atoms with Crippen LogP contribution in [-0.4, -0.2) is 55.2 Å². The molecule has 0 unspecified atom stereocenters. The molecular weight excluding hydrogens is 462 g/mol. The molecule has 2 aromatic carbocycles. The van der Waals surface area contributed by atoms with Gasteiger partial charge in [-0.3, -0.25) is 9.59 Å². The van der Waals surface area contributed by atoms with Crippen molar-refractivity contribution in [3.05, 3.63) is 53.1 Å². The highest BCUT2D eigenvalue weighted by atomic mass is 16.7. The average Bonchev–Trinajstić information content (AvgIpc) is 3.40. The Hall–Kier alpha value is -4.01. The normalized spacial score (nSPS) is 15.2. The number of ketones is 1. The molecule has 9 nitrogen and oxygen atoms in total. The molecule has 190 valence electrons. The van der Waals surface area contributed by atoms with Crippen LogP contribution in [0.4, 0.5) is 10.5 Å². The fraction of sp³-hybridized carbons (Fsp3) is 0.370. The van der Waals surface area contributed by atoms with Crippen molar-refractivity contribution in [1.82, 2.24) is 10.2 Å². The van der Waals surface area contributed by atoms with Gasteiger partial charge in [-0.2, -0.15) is 0 Å². The summed E-state index contributed by atoms with van der Waals surface area (Å²) in [7, 11) is 1.69. The zero-order valence-electron chi connectivity index (χ0n) is 21.2. The molecular formula is C27H31N3O6. The topological polar surface area (TPSA) is 106 Å². The van der Waals surface area contributed by atoms with E-state index in [1.54, 1.807) is 31.3 Å². The van der Waals surface area contributed by atoms with E-state index in [0.29, 0.717) is 59.1 Å². The smallest absolute Gasteiger partial charge is 0.410 e. The van der Waals surface area contributed by atoms with Crippen molar-refractivity contribution in [2.24, 2.45) is 0 Å². The number of amides is 2. The van der Waals surface area contributed by atoms with Crippen LogP contribution in [0.15, 0.2) is 36.4 Å². The lowest BCUT2D eigenvalue weighted by atomic mass is 9.97. The minimum Gasteiger partial charge on any atom is -0.454 e. The number of hydrogen-bond donors (Lipinski definition) is 2. The Balaban J connectivity index is 1.61. The number of ether oxygens (including phenoxy) is 3. The van der Waals surface area contributed by atoms with E-state index in [2.05, 4.69) is 10.6 Å². The highest BCUT2D eigenvalue weighted by molar-refractivity contribution is 6.36. The Bertz CT molecular complexity index is 1240. The van der Waals surface area contributed by atoms with Crippen molar-refractivity contribution < 1.29 is 28.6 Å². The molecule has 0 spiro atoms. The molecule has 2 aliphatic heterocycles. The second-order valence-corrected chi connectivity index (χ2v) is 9.77. The predicted molar refractivity (Wildman–Crippen MR) is 136 cm³/mol. The Morgan fingerprint density at radius 3 is 2.53 bits per heavy atom. The Kier molecular flexibility index (Phi) is 6.92. The van der Waals surface area contributed by atoms with Crippen LogP contribution in [0.3, 0.4) is 0 Å². The summed E-state index contributed by atoms with van der Waals surface area (Å²) in [6, 6.07) is 10.7. The number of hydrogen-bond acceptors (Lipinski definition) is 7. The maximum absolute atomic E-state index is 13.1. The molecule has 2 N–H and O–H groups in total. The molecule has 9 heteroatoms. The molecule has 2 aliphatic rings. The van der Waals surface area contributed by atoms with Gasteiger partial charge in [0.2, 0.25) is 6.79 Å². The number of Topliss-reactive ketones (excluding diaryl/α,β-unsaturated/α-hetero) is 1. The fourth-order valence-corrected chi connectivity index (χ4v) is 3.98. The van der Waals surface area contributed by atoms with Gasteiger partial charge in [0.05, 0.1) is 11.3 Å². The van der Waals surface area contributed by atoms with Gasteiger partial charge in [-0.05, 0) is 70.5 Å². The van der Waals surface area contributed by atoms with Gasteiger partial charge in [-0.1, -0.05) is 0 Å². The molecule has 0 fully saturated rings. The summed E-state index contributed by atoms with van der Waals surface area (Å²) in [5, 5.41) is 6.28. The summed E-state index contributed by atoms with van der Waals surface area (Å²) in [6.45, 7) is 8.05. The molecule has 0 atom stereocenters. The van der Waals surface area contributed by atoms with Crippen LogP contribution in [-0.2, 0) is 9.53 Å². The largest absolute Gasteiger partial charge is 0.454 e. The van der Waals surface area contributed by atoms with E-state index in [9.17, 15) is 14.4 Å². The van der Waals surface area contributed by atoms with Crippen LogP contribution in [0.5, 0.6) is 11.5 Å². The monoisotopic (exact) mass is 493 g/mol. The minimum absolute atomic E-state index is 0.0840. The van der Waals surface area contributed by atoms with Gasteiger partial charge in [0, 0.05) is 42.5 Å². The highest BCUT2D eigenvalue weighted by Gasteiger charge is 2.30. The van der Waals surface area contributed by atoms with Crippen molar-refractivity contribution in [1.29, 1.82) is 0 Å². The maximum atomic E-state index is 13.1. The van der Waals surface area contributed by atoms with E-state index >= 15 is 0 Å². The molecule has 0 aliphatic carbocycles. The SMILES string of the molecule is CC(=O)c1ccc2c(c1)C(=C(NCCCN(C)C(=O)OC(C)(C)C)c1ccc3c(c1)OCO3)C(=O)N2. The van der Waals surface area contributed by atoms with Crippen molar-refractivity contribution in [3.63, 3.8) is 0 Å². The van der Waals surface area contributed by atoms with E-state index in [0.717, 1.165) is 5.56 Å². The molecule has 0 bridgehead atoms. The molecule has 0 saturated heterocycles. The quantitative estimate of drug-likeness (QED) is 0.337. The van der Waals surface area contributed by atoms with Crippen LogP contribution in [0.1, 0.15) is 55.6 Å². The van der Waals surface area contributed by atoms with E-state index in [1.165, 1.54) is 11.8 Å². The number of rotatable bonds is 7. The Labute approximate surface area is 210 Å². The second-order valence-electron chi connectivity index (χ2n) is 9.77. The molecule has 4 rings (SSSR count). The summed E-state index contributed by atoms with van der Waals surface area (Å²) in [6.07, 6.45) is 0.219. The van der Waals surface area contributed by atoms with Gasteiger partial charge in [0.25, 0.3) is 5.91 Å². The lowest BCUT2D eigenvalue weighted by Gasteiger charge is -2.24. The van der Waals surface area contributed by atoms with E-state index in [1.807, 2.05) is 32.9 Å². The summed E-state index contributed by atoms with van der Waals surface area (Å²) >= 11 is 0.